The van der Waals surface area contributed by atoms with Crippen LogP contribution in [0.5, 0.6) is 0 Å². The molecule has 0 spiro atoms. The summed E-state index contributed by atoms with van der Waals surface area (Å²) < 4.78 is 28.2. The van der Waals surface area contributed by atoms with Crippen molar-refractivity contribution in [3.05, 3.63) is 0 Å². The number of sulfone groups is 1. The second-order valence-corrected chi connectivity index (χ2v) is 6.97. The molecule has 0 aliphatic carbocycles. The first kappa shape index (κ1) is 17.4. The Kier molecular flexibility index (Phi) is 9.06. The maximum atomic E-state index is 11.7. The van der Waals surface area contributed by atoms with E-state index in [4.69, 9.17) is 4.74 Å². The van der Waals surface area contributed by atoms with Crippen LogP contribution >= 0.6 is 0 Å². The van der Waals surface area contributed by atoms with Crippen LogP contribution in [0.1, 0.15) is 52.9 Å². The standard InChI is InChI=1S/C13H26O4S/c1-4-12(3)11-18(15,16)10-8-6-7-9-13(14)17-5-2/h12H,4-11H2,1-3H3. The molecule has 4 nitrogen and oxygen atoms in total. The summed E-state index contributed by atoms with van der Waals surface area (Å²) in [7, 11) is -2.92. The number of hydrogen-bond donors (Lipinski definition) is 0. The van der Waals surface area contributed by atoms with Crippen LogP contribution < -0.4 is 0 Å². The van der Waals surface area contributed by atoms with E-state index in [1.807, 2.05) is 13.8 Å². The van der Waals surface area contributed by atoms with E-state index in [1.165, 1.54) is 0 Å². The van der Waals surface area contributed by atoms with Crippen LogP contribution in [0.4, 0.5) is 0 Å². The molecule has 5 heteroatoms. The molecule has 0 radical (unpaired) electrons. The Morgan fingerprint density at radius 2 is 1.83 bits per heavy atom. The molecule has 108 valence electrons. The summed E-state index contributed by atoms with van der Waals surface area (Å²) in [5.74, 6) is 0.552. The second kappa shape index (κ2) is 9.36. The quantitative estimate of drug-likeness (QED) is 0.455. The molecule has 0 heterocycles. The van der Waals surface area contributed by atoms with Gasteiger partial charge in [-0.3, -0.25) is 4.79 Å². The molecule has 0 rings (SSSR count). The van der Waals surface area contributed by atoms with Crippen molar-refractivity contribution < 1.29 is 17.9 Å². The number of unbranched alkanes of at least 4 members (excludes halogenated alkanes) is 2. The summed E-state index contributed by atoms with van der Waals surface area (Å²) in [6, 6.07) is 0. The van der Waals surface area contributed by atoms with E-state index in [0.717, 1.165) is 12.8 Å². The van der Waals surface area contributed by atoms with Gasteiger partial charge in [-0.25, -0.2) is 8.42 Å². The number of carbonyl (C=O) groups excluding carboxylic acids is 1. The fourth-order valence-corrected chi connectivity index (χ4v) is 3.55. The average molecular weight is 278 g/mol. The van der Waals surface area contributed by atoms with Crippen molar-refractivity contribution in [3.8, 4) is 0 Å². The highest BCUT2D eigenvalue weighted by Gasteiger charge is 2.14. The third-order valence-corrected chi connectivity index (χ3v) is 4.86. The molecule has 0 aromatic carbocycles. The molecule has 0 aliphatic rings. The Balaban J connectivity index is 3.68. The third kappa shape index (κ3) is 9.45. The number of rotatable bonds is 10. The maximum Gasteiger partial charge on any atom is 0.305 e. The highest BCUT2D eigenvalue weighted by molar-refractivity contribution is 7.91. The summed E-state index contributed by atoms with van der Waals surface area (Å²) in [4.78, 5) is 11.0. The first-order chi connectivity index (χ1) is 8.41. The number of hydrogen-bond acceptors (Lipinski definition) is 4. The van der Waals surface area contributed by atoms with E-state index >= 15 is 0 Å². The molecular formula is C13H26O4S. The van der Waals surface area contributed by atoms with Gasteiger partial charge in [0.25, 0.3) is 0 Å². The molecule has 0 saturated carbocycles. The number of carbonyl (C=O) groups is 1. The molecule has 0 saturated heterocycles. The Hall–Kier alpha value is -0.580. The molecule has 0 bridgehead atoms. The third-order valence-electron chi connectivity index (χ3n) is 2.88. The summed E-state index contributed by atoms with van der Waals surface area (Å²) in [5.41, 5.74) is 0. The van der Waals surface area contributed by atoms with Gasteiger partial charge in [-0.05, 0) is 25.7 Å². The molecule has 0 amide bonds. The van der Waals surface area contributed by atoms with E-state index in [-0.39, 0.29) is 23.4 Å². The molecule has 1 atom stereocenters. The Morgan fingerprint density at radius 3 is 2.39 bits per heavy atom. The zero-order valence-corrected chi connectivity index (χ0v) is 12.6. The van der Waals surface area contributed by atoms with Gasteiger partial charge in [-0.15, -0.1) is 0 Å². The molecule has 0 aliphatic heterocycles. The van der Waals surface area contributed by atoms with E-state index in [1.54, 1.807) is 6.92 Å². The van der Waals surface area contributed by atoms with Crippen molar-refractivity contribution in [1.82, 2.24) is 0 Å². The number of esters is 1. The van der Waals surface area contributed by atoms with Crippen molar-refractivity contribution >= 4 is 15.8 Å². The van der Waals surface area contributed by atoms with Crippen LogP contribution in [0.2, 0.25) is 0 Å². The topological polar surface area (TPSA) is 60.4 Å². The van der Waals surface area contributed by atoms with Crippen LogP contribution in [0.25, 0.3) is 0 Å². The van der Waals surface area contributed by atoms with E-state index < -0.39 is 9.84 Å². The summed E-state index contributed by atoms with van der Waals surface area (Å²) >= 11 is 0. The zero-order chi connectivity index (χ0) is 14.0. The fourth-order valence-electron chi connectivity index (χ4n) is 1.64. The minimum atomic E-state index is -2.92. The van der Waals surface area contributed by atoms with Gasteiger partial charge in [-0.1, -0.05) is 26.7 Å². The van der Waals surface area contributed by atoms with Crippen molar-refractivity contribution in [2.24, 2.45) is 5.92 Å². The van der Waals surface area contributed by atoms with Gasteiger partial charge >= 0.3 is 5.97 Å². The van der Waals surface area contributed by atoms with E-state index in [0.29, 0.717) is 25.9 Å². The molecule has 0 aromatic rings. The smallest absolute Gasteiger partial charge is 0.305 e. The molecule has 18 heavy (non-hydrogen) atoms. The van der Waals surface area contributed by atoms with Gasteiger partial charge in [-0.2, -0.15) is 0 Å². The largest absolute Gasteiger partial charge is 0.466 e. The lowest BCUT2D eigenvalue weighted by Gasteiger charge is -2.09. The first-order valence-corrected chi connectivity index (χ1v) is 8.59. The average Bonchev–Trinajstić information content (AvgIpc) is 2.28. The highest BCUT2D eigenvalue weighted by Crippen LogP contribution is 2.09. The van der Waals surface area contributed by atoms with Crippen LogP contribution in [0.3, 0.4) is 0 Å². The predicted octanol–water partition coefficient (Wildman–Crippen LogP) is 2.57. The maximum absolute atomic E-state index is 11.7. The minimum Gasteiger partial charge on any atom is -0.466 e. The van der Waals surface area contributed by atoms with Gasteiger partial charge in [0.2, 0.25) is 0 Å². The van der Waals surface area contributed by atoms with E-state index in [2.05, 4.69) is 0 Å². The monoisotopic (exact) mass is 278 g/mol. The predicted molar refractivity (Wildman–Crippen MR) is 73.2 cm³/mol. The van der Waals surface area contributed by atoms with Crippen molar-refractivity contribution in [2.45, 2.75) is 52.9 Å². The zero-order valence-electron chi connectivity index (χ0n) is 11.8. The summed E-state index contributed by atoms with van der Waals surface area (Å²) in [6.45, 7) is 6.14. The van der Waals surface area contributed by atoms with Crippen LogP contribution in [0.15, 0.2) is 0 Å². The Bertz CT molecular complexity index is 322. The lowest BCUT2D eigenvalue weighted by molar-refractivity contribution is -0.143. The molecule has 0 fully saturated rings. The summed E-state index contributed by atoms with van der Waals surface area (Å²) in [6.07, 6.45) is 3.38. The van der Waals surface area contributed by atoms with Gasteiger partial charge in [0.05, 0.1) is 18.1 Å². The second-order valence-electron chi connectivity index (χ2n) is 4.74. The van der Waals surface area contributed by atoms with Crippen LogP contribution in [0, 0.1) is 5.92 Å². The molecular weight excluding hydrogens is 252 g/mol. The number of ether oxygens (including phenoxy) is 1. The van der Waals surface area contributed by atoms with Gasteiger partial charge in [0, 0.05) is 6.42 Å². The van der Waals surface area contributed by atoms with Crippen molar-refractivity contribution in [3.63, 3.8) is 0 Å². The molecule has 0 N–H and O–H groups in total. The normalized spacial score (nSPS) is 13.3. The van der Waals surface area contributed by atoms with Crippen LogP contribution in [-0.2, 0) is 19.4 Å². The van der Waals surface area contributed by atoms with Gasteiger partial charge < -0.3 is 4.74 Å². The Labute approximate surface area is 111 Å². The van der Waals surface area contributed by atoms with Gasteiger partial charge in [0.1, 0.15) is 0 Å². The first-order valence-electron chi connectivity index (χ1n) is 6.77. The fraction of sp³-hybridized carbons (Fsp3) is 0.923. The molecule has 0 aromatic heterocycles. The van der Waals surface area contributed by atoms with Crippen molar-refractivity contribution in [2.75, 3.05) is 18.1 Å². The van der Waals surface area contributed by atoms with Crippen LogP contribution in [-0.4, -0.2) is 32.5 Å². The summed E-state index contributed by atoms with van der Waals surface area (Å²) in [5, 5.41) is 0. The minimum absolute atomic E-state index is 0.194. The molecule has 1 unspecified atom stereocenters. The lowest BCUT2D eigenvalue weighted by atomic mass is 10.2. The highest BCUT2D eigenvalue weighted by atomic mass is 32.2. The Morgan fingerprint density at radius 1 is 1.17 bits per heavy atom. The van der Waals surface area contributed by atoms with Crippen molar-refractivity contribution in [1.29, 1.82) is 0 Å². The lowest BCUT2D eigenvalue weighted by Crippen LogP contribution is -2.16. The van der Waals surface area contributed by atoms with E-state index in [9.17, 15) is 13.2 Å². The van der Waals surface area contributed by atoms with Gasteiger partial charge in [0.15, 0.2) is 9.84 Å². The SMILES string of the molecule is CCOC(=O)CCCCCS(=O)(=O)CC(C)CC.